The third-order valence-electron chi connectivity index (χ3n) is 4.59. The lowest BCUT2D eigenvalue weighted by Gasteiger charge is -2.41. The summed E-state index contributed by atoms with van der Waals surface area (Å²) in [6.45, 7) is 2.91. The highest BCUT2D eigenvalue weighted by atomic mass is 16.5. The van der Waals surface area contributed by atoms with Gasteiger partial charge in [-0.3, -0.25) is 4.90 Å². The third-order valence-corrected chi connectivity index (χ3v) is 4.59. The summed E-state index contributed by atoms with van der Waals surface area (Å²) in [5.41, 5.74) is 1.08. The van der Waals surface area contributed by atoms with Crippen LogP contribution >= 0.6 is 0 Å². The second-order valence-electron chi connectivity index (χ2n) is 6.14. The number of likely N-dealkylation sites (tertiary alicyclic amines) is 1. The fourth-order valence-corrected chi connectivity index (χ4v) is 3.41. The summed E-state index contributed by atoms with van der Waals surface area (Å²) in [4.78, 5) is 4.60. The van der Waals surface area contributed by atoms with Crippen molar-refractivity contribution >= 4 is 0 Å². The molecule has 1 fully saturated rings. The van der Waals surface area contributed by atoms with E-state index in [1.54, 1.807) is 14.2 Å². The van der Waals surface area contributed by atoms with Gasteiger partial charge < -0.3 is 19.5 Å². The smallest absolute Gasteiger partial charge is 0.127 e. The molecule has 0 bridgehead atoms. The van der Waals surface area contributed by atoms with Crippen molar-refractivity contribution in [2.45, 2.75) is 19.0 Å². The third kappa shape index (κ3) is 3.72. The van der Waals surface area contributed by atoms with Gasteiger partial charge in [-0.25, -0.2) is 0 Å². The Bertz CT molecular complexity index is 457. The Morgan fingerprint density at radius 2 is 1.86 bits per heavy atom. The van der Waals surface area contributed by atoms with Crippen molar-refractivity contribution in [2.75, 3.05) is 48.0 Å². The van der Waals surface area contributed by atoms with Crippen molar-refractivity contribution < 1.29 is 14.6 Å². The van der Waals surface area contributed by atoms with Crippen molar-refractivity contribution in [3.63, 3.8) is 0 Å². The van der Waals surface area contributed by atoms with E-state index in [9.17, 15) is 5.11 Å². The lowest BCUT2D eigenvalue weighted by Crippen LogP contribution is -2.49. The second kappa shape index (κ2) is 7.81. The van der Waals surface area contributed by atoms with E-state index in [0.717, 1.165) is 43.1 Å². The Balaban J connectivity index is 2.12. The maximum absolute atomic E-state index is 9.69. The number of ether oxygens (including phenoxy) is 2. The maximum Gasteiger partial charge on any atom is 0.127 e. The maximum atomic E-state index is 9.69. The molecule has 0 aliphatic carbocycles. The minimum Gasteiger partial charge on any atom is -0.496 e. The fraction of sp³-hybridized carbons (Fsp3) is 0.647. The number of rotatable bonds is 6. The van der Waals surface area contributed by atoms with Gasteiger partial charge in [-0.05, 0) is 32.6 Å². The van der Waals surface area contributed by atoms with E-state index in [2.05, 4.69) is 23.9 Å². The zero-order valence-electron chi connectivity index (χ0n) is 14.1. The normalized spacial score (nSPS) is 22.8. The average Bonchev–Trinajstić information content (AvgIpc) is 2.54. The number of hydrogen-bond donors (Lipinski definition) is 1. The Kier molecular flexibility index (Phi) is 6.06. The molecule has 1 aromatic rings. The van der Waals surface area contributed by atoms with Crippen LogP contribution in [0.4, 0.5) is 0 Å². The first-order valence-electron chi connectivity index (χ1n) is 7.80. The van der Waals surface area contributed by atoms with Gasteiger partial charge in [0.25, 0.3) is 0 Å². The van der Waals surface area contributed by atoms with Crippen LogP contribution in [0.15, 0.2) is 18.2 Å². The van der Waals surface area contributed by atoms with Gasteiger partial charge in [0, 0.05) is 38.2 Å². The van der Waals surface area contributed by atoms with Crippen LogP contribution in [0.3, 0.4) is 0 Å². The summed E-state index contributed by atoms with van der Waals surface area (Å²) in [5, 5.41) is 9.69. The molecule has 0 saturated carbocycles. The molecule has 0 radical (unpaired) electrons. The van der Waals surface area contributed by atoms with Gasteiger partial charge in [0.15, 0.2) is 0 Å². The van der Waals surface area contributed by atoms with E-state index >= 15 is 0 Å². The van der Waals surface area contributed by atoms with Crippen LogP contribution in [0, 0.1) is 5.92 Å². The lowest BCUT2D eigenvalue weighted by molar-refractivity contribution is 0.0448. The Morgan fingerprint density at radius 3 is 2.36 bits per heavy atom. The molecule has 2 rings (SSSR count). The van der Waals surface area contributed by atoms with E-state index in [1.165, 1.54) is 0 Å². The van der Waals surface area contributed by atoms with Gasteiger partial charge >= 0.3 is 0 Å². The summed E-state index contributed by atoms with van der Waals surface area (Å²) in [5.74, 6) is 1.99. The molecule has 1 aromatic carbocycles. The summed E-state index contributed by atoms with van der Waals surface area (Å²) in [6, 6.07) is 6.32. The minimum absolute atomic E-state index is 0.225. The molecule has 0 aromatic heterocycles. The molecule has 1 aliphatic heterocycles. The Labute approximate surface area is 133 Å². The first kappa shape index (κ1) is 17.1. The van der Waals surface area contributed by atoms with Crippen LogP contribution in [0.1, 0.15) is 12.0 Å². The molecule has 0 amide bonds. The molecule has 5 heteroatoms. The molecule has 1 saturated heterocycles. The number of aliphatic hydroxyl groups excluding tert-OH is 1. The van der Waals surface area contributed by atoms with Crippen LogP contribution in [-0.4, -0.2) is 69.0 Å². The number of benzene rings is 1. The largest absolute Gasteiger partial charge is 0.496 e. The molecule has 1 N–H and O–H groups in total. The van der Waals surface area contributed by atoms with Crippen LogP contribution in [0.2, 0.25) is 0 Å². The van der Waals surface area contributed by atoms with Gasteiger partial charge in [-0.2, -0.15) is 0 Å². The zero-order chi connectivity index (χ0) is 16.1. The number of methoxy groups -OCH3 is 2. The number of nitrogens with zero attached hydrogens (tertiary/aromatic N) is 2. The summed E-state index contributed by atoms with van der Waals surface area (Å²) in [7, 11) is 7.55. The summed E-state index contributed by atoms with van der Waals surface area (Å²) < 4.78 is 11.0. The van der Waals surface area contributed by atoms with E-state index in [1.807, 2.05) is 18.2 Å². The highest BCUT2D eigenvalue weighted by Gasteiger charge is 2.30. The summed E-state index contributed by atoms with van der Waals surface area (Å²) in [6.07, 6.45) is 1.07. The van der Waals surface area contributed by atoms with Crippen molar-refractivity contribution in [3.05, 3.63) is 23.8 Å². The van der Waals surface area contributed by atoms with Crippen LogP contribution < -0.4 is 9.47 Å². The van der Waals surface area contributed by atoms with Crippen LogP contribution in [-0.2, 0) is 6.54 Å². The highest BCUT2D eigenvalue weighted by Crippen LogP contribution is 2.31. The zero-order valence-corrected chi connectivity index (χ0v) is 14.1. The first-order chi connectivity index (χ1) is 10.6. The van der Waals surface area contributed by atoms with Gasteiger partial charge in [0.2, 0.25) is 0 Å². The molecule has 22 heavy (non-hydrogen) atoms. The quantitative estimate of drug-likeness (QED) is 0.862. The van der Waals surface area contributed by atoms with E-state index < -0.39 is 0 Å². The van der Waals surface area contributed by atoms with Crippen LogP contribution in [0.5, 0.6) is 11.5 Å². The summed E-state index contributed by atoms with van der Waals surface area (Å²) >= 11 is 0. The predicted octanol–water partition coefficient (Wildman–Crippen LogP) is 1.45. The number of aliphatic hydroxyl groups is 1. The topological polar surface area (TPSA) is 45.2 Å². The molecule has 1 aliphatic rings. The van der Waals surface area contributed by atoms with Crippen LogP contribution in [0.25, 0.3) is 0 Å². The van der Waals surface area contributed by atoms with Crippen molar-refractivity contribution in [2.24, 2.45) is 5.92 Å². The molecular weight excluding hydrogens is 280 g/mol. The number of hydrogen-bond acceptors (Lipinski definition) is 5. The predicted molar refractivity (Wildman–Crippen MR) is 87.5 cm³/mol. The monoisotopic (exact) mass is 308 g/mol. The van der Waals surface area contributed by atoms with Gasteiger partial charge in [0.05, 0.1) is 19.8 Å². The molecular formula is C17H28N2O3. The van der Waals surface area contributed by atoms with E-state index in [-0.39, 0.29) is 12.5 Å². The first-order valence-corrected chi connectivity index (χ1v) is 7.80. The minimum atomic E-state index is 0.225. The molecule has 2 atom stereocenters. The Morgan fingerprint density at radius 1 is 1.23 bits per heavy atom. The molecule has 124 valence electrons. The van der Waals surface area contributed by atoms with Crippen molar-refractivity contribution in [3.8, 4) is 11.5 Å². The highest BCUT2D eigenvalue weighted by molar-refractivity contribution is 5.44. The van der Waals surface area contributed by atoms with Gasteiger partial charge in [-0.15, -0.1) is 0 Å². The van der Waals surface area contributed by atoms with Crippen molar-refractivity contribution in [1.29, 1.82) is 0 Å². The molecule has 0 spiro atoms. The average molecular weight is 308 g/mol. The second-order valence-corrected chi connectivity index (χ2v) is 6.14. The lowest BCUT2D eigenvalue weighted by atomic mass is 9.91. The van der Waals surface area contributed by atoms with E-state index in [4.69, 9.17) is 9.47 Å². The molecule has 5 nitrogen and oxygen atoms in total. The SMILES string of the molecule is COc1cccc(OC)c1CN1CC[C@@H](N(C)C)[C@@H](CO)C1. The molecule has 1 heterocycles. The fourth-order valence-electron chi connectivity index (χ4n) is 3.41. The van der Waals surface area contributed by atoms with E-state index in [0.29, 0.717) is 6.04 Å². The van der Waals surface area contributed by atoms with Gasteiger partial charge in [-0.1, -0.05) is 6.07 Å². The molecule has 0 unspecified atom stereocenters. The Hall–Kier alpha value is -1.30. The number of piperidine rings is 1. The van der Waals surface area contributed by atoms with Gasteiger partial charge in [0.1, 0.15) is 11.5 Å². The standard InChI is InChI=1S/C17H28N2O3/c1-18(2)15-8-9-19(10-13(15)12-20)11-14-16(21-3)6-5-7-17(14)22-4/h5-7,13,15,20H,8-12H2,1-4H3/t13-,15-/m1/s1. The van der Waals surface area contributed by atoms with Crippen molar-refractivity contribution in [1.82, 2.24) is 9.80 Å².